The SMILES string of the molecule is CC(=O)O.CNCc1nnc(NC2CC(C)(C)Oc3ccc(OC)cc32)o1. The lowest BCUT2D eigenvalue weighted by Gasteiger charge is -2.37. The number of carboxylic acid groups (broad SMARTS) is 1. The summed E-state index contributed by atoms with van der Waals surface area (Å²) in [6, 6.07) is 6.23. The smallest absolute Gasteiger partial charge is 0.316 e. The lowest BCUT2D eigenvalue weighted by atomic mass is 9.89. The molecule has 0 amide bonds. The fourth-order valence-corrected chi connectivity index (χ4v) is 2.77. The minimum atomic E-state index is -0.833. The quantitative estimate of drug-likeness (QED) is 0.721. The van der Waals surface area contributed by atoms with Crippen molar-refractivity contribution >= 4 is 12.0 Å². The molecule has 0 radical (unpaired) electrons. The number of aromatic nitrogens is 2. The van der Waals surface area contributed by atoms with E-state index < -0.39 is 5.97 Å². The zero-order valence-electron chi connectivity index (χ0n) is 16.2. The first-order valence-corrected chi connectivity index (χ1v) is 8.54. The number of carbonyl (C=O) groups is 1. The molecule has 0 saturated carbocycles. The maximum atomic E-state index is 9.00. The van der Waals surface area contributed by atoms with E-state index in [1.54, 1.807) is 7.11 Å². The second-order valence-electron chi connectivity index (χ2n) is 6.72. The Balaban J connectivity index is 0.000000596. The number of nitrogens with zero attached hydrogens (tertiary/aromatic N) is 2. The Morgan fingerprint density at radius 1 is 1.41 bits per heavy atom. The summed E-state index contributed by atoms with van der Waals surface area (Å²) < 4.78 is 17.0. The lowest BCUT2D eigenvalue weighted by Crippen LogP contribution is -2.37. The van der Waals surface area contributed by atoms with E-state index in [1.165, 1.54) is 0 Å². The molecule has 2 heterocycles. The molecule has 3 rings (SSSR count). The molecule has 0 aliphatic carbocycles. The number of carboxylic acids is 1. The molecule has 1 aromatic carbocycles. The zero-order valence-corrected chi connectivity index (χ0v) is 16.2. The van der Waals surface area contributed by atoms with Crippen molar-refractivity contribution in [2.75, 3.05) is 19.5 Å². The number of hydrogen-bond donors (Lipinski definition) is 3. The van der Waals surface area contributed by atoms with E-state index >= 15 is 0 Å². The predicted molar refractivity (Wildman–Crippen MR) is 99.1 cm³/mol. The van der Waals surface area contributed by atoms with Crippen LogP contribution >= 0.6 is 0 Å². The number of ether oxygens (including phenoxy) is 2. The van der Waals surface area contributed by atoms with Crippen LogP contribution in [0.25, 0.3) is 0 Å². The van der Waals surface area contributed by atoms with Gasteiger partial charge >= 0.3 is 6.01 Å². The van der Waals surface area contributed by atoms with Gasteiger partial charge < -0.3 is 29.6 Å². The molecule has 1 aromatic heterocycles. The van der Waals surface area contributed by atoms with E-state index in [-0.39, 0.29) is 11.6 Å². The van der Waals surface area contributed by atoms with Crippen LogP contribution in [0.15, 0.2) is 22.6 Å². The minimum absolute atomic E-state index is 0.00624. The number of nitrogens with one attached hydrogen (secondary N) is 2. The summed E-state index contributed by atoms with van der Waals surface area (Å²) in [5.41, 5.74) is 0.740. The Bertz CT molecular complexity index is 771. The van der Waals surface area contributed by atoms with Crippen molar-refractivity contribution in [1.29, 1.82) is 0 Å². The highest BCUT2D eigenvalue weighted by Crippen LogP contribution is 2.42. The van der Waals surface area contributed by atoms with Crippen LogP contribution in [-0.2, 0) is 11.3 Å². The van der Waals surface area contributed by atoms with E-state index in [2.05, 4.69) is 34.7 Å². The fraction of sp³-hybridized carbons (Fsp3) is 0.500. The molecule has 2 aromatic rings. The summed E-state index contributed by atoms with van der Waals surface area (Å²) >= 11 is 0. The van der Waals surface area contributed by atoms with Gasteiger partial charge in [-0.15, -0.1) is 5.10 Å². The van der Waals surface area contributed by atoms with Crippen LogP contribution in [-0.4, -0.2) is 41.0 Å². The van der Waals surface area contributed by atoms with Gasteiger partial charge in [0, 0.05) is 18.9 Å². The summed E-state index contributed by atoms with van der Waals surface area (Å²) in [5, 5.41) is 21.8. The van der Waals surface area contributed by atoms with E-state index in [0.29, 0.717) is 18.5 Å². The van der Waals surface area contributed by atoms with Gasteiger partial charge in [0.2, 0.25) is 5.89 Å². The first-order chi connectivity index (χ1) is 12.7. The summed E-state index contributed by atoms with van der Waals surface area (Å²) in [6.07, 6.45) is 0.775. The Kier molecular flexibility index (Phi) is 6.62. The number of aliphatic carboxylic acids is 1. The molecule has 9 nitrogen and oxygen atoms in total. The molecular formula is C18H26N4O5. The van der Waals surface area contributed by atoms with Crippen molar-refractivity contribution < 1.29 is 23.8 Å². The maximum Gasteiger partial charge on any atom is 0.316 e. The number of benzene rings is 1. The lowest BCUT2D eigenvalue weighted by molar-refractivity contribution is -0.134. The molecule has 1 atom stereocenters. The van der Waals surface area contributed by atoms with Crippen LogP contribution < -0.4 is 20.1 Å². The van der Waals surface area contributed by atoms with E-state index in [4.69, 9.17) is 23.8 Å². The van der Waals surface area contributed by atoms with Crippen molar-refractivity contribution in [1.82, 2.24) is 15.5 Å². The molecule has 1 aliphatic heterocycles. The van der Waals surface area contributed by atoms with Crippen molar-refractivity contribution in [3.8, 4) is 11.5 Å². The predicted octanol–water partition coefficient (Wildman–Crippen LogP) is 2.60. The molecule has 1 unspecified atom stereocenters. The highest BCUT2D eigenvalue weighted by molar-refractivity contribution is 5.62. The monoisotopic (exact) mass is 378 g/mol. The van der Waals surface area contributed by atoms with Crippen LogP contribution in [0.4, 0.5) is 6.01 Å². The van der Waals surface area contributed by atoms with Gasteiger partial charge in [0.15, 0.2) is 0 Å². The average Bonchev–Trinajstić information content (AvgIpc) is 3.00. The standard InChI is InChI=1S/C16H22N4O3.C2H4O2/c1-16(2)8-12(18-15-20-19-14(22-15)9-17-3)11-7-10(21-4)5-6-13(11)23-16;1-2(3)4/h5-7,12,17H,8-9H2,1-4H3,(H,18,20);1H3,(H,3,4). The normalized spacial score (nSPS) is 17.0. The highest BCUT2D eigenvalue weighted by atomic mass is 16.5. The van der Waals surface area contributed by atoms with Crippen molar-refractivity contribution in [2.24, 2.45) is 0 Å². The van der Waals surface area contributed by atoms with Gasteiger partial charge in [-0.05, 0) is 39.1 Å². The number of anilines is 1. The topological polar surface area (TPSA) is 119 Å². The van der Waals surface area contributed by atoms with Gasteiger partial charge in [0.25, 0.3) is 5.97 Å². The third-order valence-corrected chi connectivity index (χ3v) is 3.77. The molecule has 27 heavy (non-hydrogen) atoms. The Morgan fingerprint density at radius 3 is 2.74 bits per heavy atom. The second kappa shape index (κ2) is 8.72. The summed E-state index contributed by atoms with van der Waals surface area (Å²) in [7, 11) is 3.49. The maximum absolute atomic E-state index is 9.00. The largest absolute Gasteiger partial charge is 0.497 e. The Labute approximate surface area is 158 Å². The molecule has 9 heteroatoms. The Morgan fingerprint density at radius 2 is 2.11 bits per heavy atom. The summed E-state index contributed by atoms with van der Waals surface area (Å²) in [6.45, 7) is 5.75. The van der Waals surface area contributed by atoms with E-state index in [0.717, 1.165) is 30.4 Å². The molecule has 3 N–H and O–H groups in total. The van der Waals surface area contributed by atoms with Gasteiger partial charge in [0.1, 0.15) is 17.1 Å². The van der Waals surface area contributed by atoms with Gasteiger partial charge in [0.05, 0.1) is 19.7 Å². The summed E-state index contributed by atoms with van der Waals surface area (Å²) in [4.78, 5) is 9.00. The van der Waals surface area contributed by atoms with Crippen LogP contribution in [0.1, 0.15) is 44.7 Å². The number of hydrogen-bond acceptors (Lipinski definition) is 8. The molecule has 1 aliphatic rings. The fourth-order valence-electron chi connectivity index (χ4n) is 2.77. The van der Waals surface area contributed by atoms with Gasteiger partial charge in [-0.2, -0.15) is 0 Å². The minimum Gasteiger partial charge on any atom is -0.497 e. The van der Waals surface area contributed by atoms with Crippen molar-refractivity contribution in [3.63, 3.8) is 0 Å². The number of rotatable bonds is 5. The van der Waals surface area contributed by atoms with Crippen molar-refractivity contribution in [2.45, 2.75) is 45.4 Å². The van der Waals surface area contributed by atoms with Gasteiger partial charge in [-0.3, -0.25) is 4.79 Å². The van der Waals surface area contributed by atoms with Gasteiger partial charge in [-0.25, -0.2) is 0 Å². The highest BCUT2D eigenvalue weighted by Gasteiger charge is 2.34. The third kappa shape index (κ3) is 5.85. The number of fused-ring (bicyclic) bond motifs is 1. The Hall–Kier alpha value is -2.81. The molecular weight excluding hydrogens is 352 g/mol. The third-order valence-electron chi connectivity index (χ3n) is 3.77. The molecule has 148 valence electrons. The first kappa shape index (κ1) is 20.5. The van der Waals surface area contributed by atoms with Crippen LogP contribution in [0.5, 0.6) is 11.5 Å². The van der Waals surface area contributed by atoms with Crippen LogP contribution in [0.3, 0.4) is 0 Å². The van der Waals surface area contributed by atoms with Gasteiger partial charge in [-0.1, -0.05) is 5.10 Å². The summed E-state index contributed by atoms with van der Waals surface area (Å²) in [5.74, 6) is 1.35. The van der Waals surface area contributed by atoms with E-state index in [9.17, 15) is 0 Å². The van der Waals surface area contributed by atoms with Crippen LogP contribution in [0, 0.1) is 0 Å². The number of methoxy groups -OCH3 is 1. The molecule has 0 spiro atoms. The van der Waals surface area contributed by atoms with Crippen molar-refractivity contribution in [3.05, 3.63) is 29.7 Å². The van der Waals surface area contributed by atoms with Crippen LogP contribution in [0.2, 0.25) is 0 Å². The molecule has 0 bridgehead atoms. The first-order valence-electron chi connectivity index (χ1n) is 8.54. The average molecular weight is 378 g/mol. The zero-order chi connectivity index (χ0) is 20.0. The second-order valence-corrected chi connectivity index (χ2v) is 6.72. The molecule has 0 fully saturated rings. The van der Waals surface area contributed by atoms with E-state index in [1.807, 2.05) is 25.2 Å². The molecule has 0 saturated heterocycles.